The average molecular weight is 260 g/mol. The van der Waals surface area contributed by atoms with Crippen molar-refractivity contribution in [1.82, 2.24) is 10.2 Å². The molecule has 0 bridgehead atoms. The molecule has 104 valence electrons. The zero-order chi connectivity index (χ0) is 13.9. The van der Waals surface area contributed by atoms with Crippen LogP contribution in [0.1, 0.15) is 27.7 Å². The average Bonchev–Trinajstić information content (AvgIpc) is 2.44. The number of ether oxygens (including phenoxy) is 2. The summed E-state index contributed by atoms with van der Waals surface area (Å²) in [6.07, 6.45) is -0.959. The summed E-state index contributed by atoms with van der Waals surface area (Å²) in [5.41, 5.74) is 0. The minimum absolute atomic E-state index is 0.0209. The molecule has 1 fully saturated rings. The quantitative estimate of drug-likeness (QED) is 0.574. The first-order valence-corrected chi connectivity index (χ1v) is 5.84. The predicted molar refractivity (Wildman–Crippen MR) is 65.3 cm³/mol. The fourth-order valence-electron chi connectivity index (χ4n) is 1.64. The molecule has 1 heterocycles. The molecule has 2 atom stereocenters. The Balaban J connectivity index is 2.84. The monoisotopic (exact) mass is 260 g/mol. The van der Waals surface area contributed by atoms with Crippen LogP contribution in [0, 0.1) is 10.1 Å². The molecule has 1 aliphatic rings. The van der Waals surface area contributed by atoms with Crippen LogP contribution in [0.4, 0.5) is 0 Å². The third-order valence-electron chi connectivity index (χ3n) is 2.25. The second-order valence-electron chi connectivity index (χ2n) is 4.60. The first-order valence-electron chi connectivity index (χ1n) is 5.84. The molecule has 1 aliphatic heterocycles. The second kappa shape index (κ2) is 5.96. The molecule has 0 saturated carbocycles. The van der Waals surface area contributed by atoms with Crippen molar-refractivity contribution in [3.63, 3.8) is 0 Å². The molecule has 0 amide bonds. The van der Waals surface area contributed by atoms with Crippen LogP contribution in [0.5, 0.6) is 0 Å². The van der Waals surface area contributed by atoms with Crippen LogP contribution in [0.25, 0.3) is 0 Å². The summed E-state index contributed by atoms with van der Waals surface area (Å²) in [5.74, 6) is 0.135. The molecule has 1 saturated heterocycles. The van der Waals surface area contributed by atoms with E-state index in [4.69, 9.17) is 9.47 Å². The van der Waals surface area contributed by atoms with E-state index in [1.165, 1.54) is 0 Å². The Kier molecular flexibility index (Phi) is 4.85. The molecular formula is C10H20N4O4. The van der Waals surface area contributed by atoms with Crippen molar-refractivity contribution in [2.45, 2.75) is 52.4 Å². The number of nitrogens with zero attached hydrogens (tertiary/aromatic N) is 3. The lowest BCUT2D eigenvalue weighted by Gasteiger charge is -2.26. The van der Waals surface area contributed by atoms with Gasteiger partial charge in [0.05, 0.1) is 12.2 Å². The van der Waals surface area contributed by atoms with Crippen molar-refractivity contribution in [2.75, 3.05) is 7.05 Å². The molecule has 0 aromatic heterocycles. The lowest BCUT2D eigenvalue weighted by atomic mass is 10.4. The van der Waals surface area contributed by atoms with E-state index in [1.54, 1.807) is 11.9 Å². The van der Waals surface area contributed by atoms with Crippen LogP contribution in [0.15, 0.2) is 5.10 Å². The molecule has 0 aromatic carbocycles. The number of nitrogens with one attached hydrogen (secondary N) is 1. The number of likely N-dealkylation sites (N-methyl/N-ethyl adjacent to an activating group) is 1. The van der Waals surface area contributed by atoms with Gasteiger partial charge in [-0.05, 0) is 27.7 Å². The number of hydrogen-bond acceptors (Lipinski definition) is 4. The summed E-state index contributed by atoms with van der Waals surface area (Å²) in [7, 11) is 1.67. The van der Waals surface area contributed by atoms with E-state index in [1.807, 2.05) is 27.7 Å². The van der Waals surface area contributed by atoms with Gasteiger partial charge in [0.15, 0.2) is 17.5 Å². The lowest BCUT2D eigenvalue weighted by molar-refractivity contribution is -0.485. The van der Waals surface area contributed by atoms with Crippen LogP contribution < -0.4 is 5.32 Å². The van der Waals surface area contributed by atoms with E-state index in [0.29, 0.717) is 0 Å². The number of nitro groups is 1. The Morgan fingerprint density at radius 2 is 1.89 bits per heavy atom. The molecule has 8 heteroatoms. The van der Waals surface area contributed by atoms with Gasteiger partial charge in [-0.3, -0.25) is 0 Å². The van der Waals surface area contributed by atoms with Crippen molar-refractivity contribution in [2.24, 2.45) is 5.10 Å². The SMILES string of the molecule is CC(C)OC1NC(=N[N+](=O)[O-])N(C)C1OC(C)C. The Labute approximate surface area is 106 Å². The van der Waals surface area contributed by atoms with Crippen molar-refractivity contribution in [3.8, 4) is 0 Å². The molecule has 0 aliphatic carbocycles. The van der Waals surface area contributed by atoms with Crippen LogP contribution in [-0.4, -0.2) is 47.6 Å². The van der Waals surface area contributed by atoms with Gasteiger partial charge < -0.3 is 19.7 Å². The number of hydrogen-bond donors (Lipinski definition) is 1. The Bertz CT molecular complexity index is 332. The largest absolute Gasteiger partial charge is 0.351 e. The summed E-state index contributed by atoms with van der Waals surface area (Å²) in [6.45, 7) is 7.55. The highest BCUT2D eigenvalue weighted by Gasteiger charge is 2.40. The predicted octanol–water partition coefficient (Wildman–Crippen LogP) is 0.571. The standard InChI is InChI=1S/C10H20N4O4/c1-6(2)17-8-9(18-7(3)4)13(5)10(11-8)12-14(15)16/h6-9H,1-5H3,(H,11,12). The third-order valence-corrected chi connectivity index (χ3v) is 2.25. The van der Waals surface area contributed by atoms with E-state index in [9.17, 15) is 10.1 Å². The number of rotatable bonds is 5. The fourth-order valence-corrected chi connectivity index (χ4v) is 1.64. The third kappa shape index (κ3) is 3.81. The molecule has 0 aromatic rings. The topological polar surface area (TPSA) is 89.2 Å². The van der Waals surface area contributed by atoms with Gasteiger partial charge in [0.25, 0.3) is 5.96 Å². The molecule has 18 heavy (non-hydrogen) atoms. The highest BCUT2D eigenvalue weighted by Crippen LogP contribution is 2.17. The first-order chi connectivity index (χ1) is 8.31. The van der Waals surface area contributed by atoms with Gasteiger partial charge in [-0.1, -0.05) is 0 Å². The van der Waals surface area contributed by atoms with E-state index < -0.39 is 17.5 Å². The normalized spacial score (nSPS) is 26.2. The molecule has 1 rings (SSSR count). The van der Waals surface area contributed by atoms with E-state index in [2.05, 4.69) is 10.4 Å². The molecule has 1 N–H and O–H groups in total. The van der Waals surface area contributed by atoms with Gasteiger partial charge >= 0.3 is 0 Å². The van der Waals surface area contributed by atoms with Gasteiger partial charge in [0.1, 0.15) is 5.10 Å². The maximum Gasteiger partial charge on any atom is 0.275 e. The van der Waals surface area contributed by atoms with Crippen molar-refractivity contribution in [3.05, 3.63) is 10.1 Å². The molecular weight excluding hydrogens is 240 g/mol. The van der Waals surface area contributed by atoms with Gasteiger partial charge in [0.2, 0.25) is 0 Å². The van der Waals surface area contributed by atoms with Crippen LogP contribution in [0.2, 0.25) is 0 Å². The lowest BCUT2D eigenvalue weighted by Crippen LogP contribution is -2.41. The van der Waals surface area contributed by atoms with Gasteiger partial charge in [-0.25, -0.2) is 10.1 Å². The van der Waals surface area contributed by atoms with Gasteiger partial charge in [-0.15, -0.1) is 0 Å². The van der Waals surface area contributed by atoms with Crippen LogP contribution in [0.3, 0.4) is 0 Å². The first kappa shape index (κ1) is 14.7. The fraction of sp³-hybridized carbons (Fsp3) is 0.900. The smallest absolute Gasteiger partial charge is 0.275 e. The zero-order valence-corrected chi connectivity index (χ0v) is 11.3. The Morgan fingerprint density at radius 3 is 2.33 bits per heavy atom. The highest BCUT2D eigenvalue weighted by molar-refractivity contribution is 5.81. The summed E-state index contributed by atoms with van der Waals surface area (Å²) in [6, 6.07) is 0. The molecule has 8 nitrogen and oxygen atoms in total. The maximum atomic E-state index is 10.4. The van der Waals surface area contributed by atoms with E-state index in [0.717, 1.165) is 0 Å². The number of guanidine groups is 1. The van der Waals surface area contributed by atoms with E-state index >= 15 is 0 Å². The summed E-state index contributed by atoms with van der Waals surface area (Å²) >= 11 is 0. The highest BCUT2D eigenvalue weighted by atomic mass is 16.7. The second-order valence-corrected chi connectivity index (χ2v) is 4.60. The summed E-state index contributed by atoms with van der Waals surface area (Å²) in [5, 5.41) is 15.8. The number of hydrazone groups is 1. The summed E-state index contributed by atoms with van der Waals surface area (Å²) in [4.78, 5) is 12.0. The van der Waals surface area contributed by atoms with Crippen LogP contribution >= 0.6 is 0 Å². The molecule has 0 radical (unpaired) electrons. The van der Waals surface area contributed by atoms with Crippen LogP contribution in [-0.2, 0) is 9.47 Å². The van der Waals surface area contributed by atoms with Gasteiger partial charge in [-0.2, -0.15) is 0 Å². The van der Waals surface area contributed by atoms with Crippen molar-refractivity contribution in [1.29, 1.82) is 0 Å². The van der Waals surface area contributed by atoms with Crippen molar-refractivity contribution < 1.29 is 14.5 Å². The van der Waals surface area contributed by atoms with E-state index in [-0.39, 0.29) is 18.2 Å². The Hall–Kier alpha value is -1.41. The van der Waals surface area contributed by atoms with Crippen molar-refractivity contribution >= 4 is 5.96 Å². The van der Waals surface area contributed by atoms with Gasteiger partial charge in [0, 0.05) is 7.05 Å². The summed E-state index contributed by atoms with van der Waals surface area (Å²) < 4.78 is 11.3. The molecule has 0 spiro atoms. The minimum Gasteiger partial charge on any atom is -0.351 e. The maximum absolute atomic E-state index is 10.4. The molecule has 2 unspecified atom stereocenters. The zero-order valence-electron chi connectivity index (χ0n) is 11.3. The Morgan fingerprint density at radius 1 is 1.33 bits per heavy atom. The minimum atomic E-state index is -0.747.